The minimum atomic E-state index is -0.998. The zero-order chi connectivity index (χ0) is 12.5. The number of hydrogen-bond donors (Lipinski definition) is 3. The van der Waals surface area contributed by atoms with Crippen LogP contribution in [0.4, 0.5) is 0 Å². The van der Waals surface area contributed by atoms with Crippen molar-refractivity contribution in [2.45, 2.75) is 19.9 Å². The largest absolute Gasteiger partial charge is 0.481 e. The third kappa shape index (κ3) is 2.24. The Morgan fingerprint density at radius 1 is 1.44 bits per heavy atom. The molecule has 5 heteroatoms. The molecule has 0 aromatic carbocycles. The van der Waals surface area contributed by atoms with Crippen LogP contribution >= 0.6 is 0 Å². The summed E-state index contributed by atoms with van der Waals surface area (Å²) in [5.41, 5.74) is 0.828. The molecule has 0 aliphatic carbocycles. The molecule has 0 amide bonds. The van der Waals surface area contributed by atoms with E-state index in [9.17, 15) is 9.59 Å². The topological polar surface area (TPSA) is 86.6 Å². The van der Waals surface area contributed by atoms with Crippen molar-refractivity contribution < 1.29 is 19.8 Å². The number of hydrogen-bond acceptors (Lipinski definition) is 3. The highest BCUT2D eigenvalue weighted by Gasteiger charge is 2.45. The second-order valence-corrected chi connectivity index (χ2v) is 4.38. The number of rotatable bonds is 4. The maximum atomic E-state index is 11.0. The standard InChI is InChI=1S/C11H17NO4/c1-5(2)7-4-12-9(11(15)16)8(7)6(3)10(13)14/h6-9,12H,1,4H2,2-3H3,(H,13,14)(H,15,16)/t6?,7-,8+,9+/m1/s1. The molecule has 16 heavy (non-hydrogen) atoms. The van der Waals surface area contributed by atoms with Crippen LogP contribution in [0.2, 0.25) is 0 Å². The van der Waals surface area contributed by atoms with Gasteiger partial charge in [0.15, 0.2) is 0 Å². The van der Waals surface area contributed by atoms with Gasteiger partial charge in [-0.2, -0.15) is 0 Å². The van der Waals surface area contributed by atoms with E-state index in [-0.39, 0.29) is 5.92 Å². The first kappa shape index (κ1) is 12.7. The summed E-state index contributed by atoms with van der Waals surface area (Å²) in [6.45, 7) is 7.63. The van der Waals surface area contributed by atoms with E-state index < -0.39 is 29.8 Å². The molecular formula is C11H17NO4. The van der Waals surface area contributed by atoms with Gasteiger partial charge < -0.3 is 15.5 Å². The van der Waals surface area contributed by atoms with Crippen LogP contribution in [0.15, 0.2) is 12.2 Å². The molecule has 1 rings (SSSR count). The predicted molar refractivity (Wildman–Crippen MR) is 58.0 cm³/mol. The van der Waals surface area contributed by atoms with Gasteiger partial charge in [0.2, 0.25) is 0 Å². The molecule has 0 radical (unpaired) electrons. The van der Waals surface area contributed by atoms with Crippen molar-refractivity contribution in [2.24, 2.45) is 17.8 Å². The molecule has 5 nitrogen and oxygen atoms in total. The number of carboxylic acids is 2. The molecule has 3 N–H and O–H groups in total. The number of aliphatic carboxylic acids is 2. The Kier molecular flexibility index (Phi) is 3.70. The number of carboxylic acid groups (broad SMARTS) is 2. The third-order valence-electron chi connectivity index (χ3n) is 3.27. The summed E-state index contributed by atoms with van der Waals surface area (Å²) in [6.07, 6.45) is 0. The molecule has 1 aliphatic rings. The van der Waals surface area contributed by atoms with Gasteiger partial charge in [-0.05, 0) is 12.8 Å². The summed E-state index contributed by atoms with van der Waals surface area (Å²) >= 11 is 0. The highest BCUT2D eigenvalue weighted by atomic mass is 16.4. The Balaban J connectivity index is 2.97. The smallest absolute Gasteiger partial charge is 0.321 e. The lowest BCUT2D eigenvalue weighted by molar-refractivity contribution is -0.146. The predicted octanol–water partition coefficient (Wildman–Crippen LogP) is 0.572. The van der Waals surface area contributed by atoms with E-state index in [4.69, 9.17) is 10.2 Å². The van der Waals surface area contributed by atoms with Gasteiger partial charge in [0.1, 0.15) is 6.04 Å². The summed E-state index contributed by atoms with van der Waals surface area (Å²) in [7, 11) is 0. The molecule has 90 valence electrons. The zero-order valence-corrected chi connectivity index (χ0v) is 9.43. The van der Waals surface area contributed by atoms with Gasteiger partial charge in [0.25, 0.3) is 0 Å². The molecule has 0 bridgehead atoms. The Bertz CT molecular complexity index is 304. The van der Waals surface area contributed by atoms with Gasteiger partial charge in [-0.1, -0.05) is 19.1 Å². The summed E-state index contributed by atoms with van der Waals surface area (Å²) in [6, 6.07) is -0.798. The van der Waals surface area contributed by atoms with Crippen LogP contribution in [0, 0.1) is 17.8 Å². The van der Waals surface area contributed by atoms with Crippen molar-refractivity contribution in [3.05, 3.63) is 12.2 Å². The minimum Gasteiger partial charge on any atom is -0.481 e. The van der Waals surface area contributed by atoms with Gasteiger partial charge in [-0.25, -0.2) is 0 Å². The van der Waals surface area contributed by atoms with E-state index >= 15 is 0 Å². The molecule has 1 fully saturated rings. The van der Waals surface area contributed by atoms with Gasteiger partial charge in [-0.15, -0.1) is 0 Å². The molecule has 1 aliphatic heterocycles. The molecule has 1 unspecified atom stereocenters. The van der Waals surface area contributed by atoms with Gasteiger partial charge in [-0.3, -0.25) is 9.59 Å². The van der Waals surface area contributed by atoms with E-state index in [1.54, 1.807) is 13.8 Å². The normalized spacial score (nSPS) is 31.0. The van der Waals surface area contributed by atoms with Crippen LogP contribution in [0.25, 0.3) is 0 Å². The van der Waals surface area contributed by atoms with E-state index in [1.165, 1.54) is 0 Å². The van der Waals surface area contributed by atoms with Gasteiger partial charge >= 0.3 is 11.9 Å². The van der Waals surface area contributed by atoms with Crippen molar-refractivity contribution >= 4 is 11.9 Å². The third-order valence-corrected chi connectivity index (χ3v) is 3.27. The van der Waals surface area contributed by atoms with E-state index in [0.717, 1.165) is 5.57 Å². The van der Waals surface area contributed by atoms with E-state index in [0.29, 0.717) is 6.54 Å². The lowest BCUT2D eigenvalue weighted by atomic mass is 9.78. The first-order valence-electron chi connectivity index (χ1n) is 5.20. The lowest BCUT2D eigenvalue weighted by Crippen LogP contribution is -2.40. The van der Waals surface area contributed by atoms with Crippen LogP contribution in [0.5, 0.6) is 0 Å². The van der Waals surface area contributed by atoms with Crippen molar-refractivity contribution in [3.63, 3.8) is 0 Å². The Morgan fingerprint density at radius 3 is 2.38 bits per heavy atom. The van der Waals surface area contributed by atoms with Crippen molar-refractivity contribution in [1.82, 2.24) is 5.32 Å². The molecule has 0 aromatic heterocycles. The number of nitrogens with one attached hydrogen (secondary N) is 1. The van der Waals surface area contributed by atoms with Crippen molar-refractivity contribution in [3.8, 4) is 0 Å². The summed E-state index contributed by atoms with van der Waals surface area (Å²) in [5, 5.41) is 20.9. The Morgan fingerprint density at radius 2 is 2.00 bits per heavy atom. The highest BCUT2D eigenvalue weighted by Crippen LogP contribution is 2.34. The molecule has 4 atom stereocenters. The summed E-state index contributed by atoms with van der Waals surface area (Å²) < 4.78 is 0. The first-order chi connectivity index (χ1) is 7.36. The SMILES string of the molecule is C=C(C)[C@H]1CN[C@H](C(=O)O)[C@H]1C(C)C(=O)O. The maximum absolute atomic E-state index is 11.0. The van der Waals surface area contributed by atoms with E-state index in [2.05, 4.69) is 11.9 Å². The summed E-state index contributed by atoms with van der Waals surface area (Å²) in [4.78, 5) is 22.0. The van der Waals surface area contributed by atoms with Crippen LogP contribution in [-0.2, 0) is 9.59 Å². The first-order valence-corrected chi connectivity index (χ1v) is 5.20. The van der Waals surface area contributed by atoms with Crippen LogP contribution in [0.3, 0.4) is 0 Å². The Labute approximate surface area is 94.2 Å². The molecule has 0 aromatic rings. The number of carbonyl (C=O) groups is 2. The average Bonchev–Trinajstić information content (AvgIpc) is 2.59. The second kappa shape index (κ2) is 4.65. The van der Waals surface area contributed by atoms with Crippen LogP contribution in [-0.4, -0.2) is 34.7 Å². The van der Waals surface area contributed by atoms with Crippen LogP contribution < -0.4 is 5.32 Å². The molecular weight excluding hydrogens is 210 g/mol. The molecule has 0 spiro atoms. The Hall–Kier alpha value is -1.36. The fraction of sp³-hybridized carbons (Fsp3) is 0.636. The summed E-state index contributed by atoms with van der Waals surface area (Å²) in [5.74, 6) is -3.19. The van der Waals surface area contributed by atoms with Gasteiger partial charge in [0.05, 0.1) is 5.92 Å². The highest BCUT2D eigenvalue weighted by molar-refractivity contribution is 5.77. The molecule has 1 heterocycles. The fourth-order valence-electron chi connectivity index (χ4n) is 2.31. The monoisotopic (exact) mass is 227 g/mol. The lowest BCUT2D eigenvalue weighted by Gasteiger charge is -2.25. The van der Waals surface area contributed by atoms with Crippen molar-refractivity contribution in [1.29, 1.82) is 0 Å². The fourth-order valence-corrected chi connectivity index (χ4v) is 2.31. The van der Waals surface area contributed by atoms with Crippen molar-refractivity contribution in [2.75, 3.05) is 6.54 Å². The van der Waals surface area contributed by atoms with E-state index in [1.807, 2.05) is 0 Å². The van der Waals surface area contributed by atoms with Crippen LogP contribution in [0.1, 0.15) is 13.8 Å². The quantitative estimate of drug-likeness (QED) is 0.611. The second-order valence-electron chi connectivity index (χ2n) is 4.38. The molecule has 1 saturated heterocycles. The molecule has 0 saturated carbocycles. The maximum Gasteiger partial charge on any atom is 0.321 e. The van der Waals surface area contributed by atoms with Gasteiger partial charge in [0, 0.05) is 12.5 Å². The zero-order valence-electron chi connectivity index (χ0n) is 9.43. The minimum absolute atomic E-state index is 0.0906. The average molecular weight is 227 g/mol.